The van der Waals surface area contributed by atoms with Gasteiger partial charge in [0.25, 0.3) is 0 Å². The molecule has 0 saturated heterocycles. The predicted molar refractivity (Wildman–Crippen MR) is 131 cm³/mol. The lowest BCUT2D eigenvalue weighted by Gasteiger charge is -2.18. The molecule has 0 heterocycles. The summed E-state index contributed by atoms with van der Waals surface area (Å²) in [4.78, 5) is 0. The SMILES string of the molecule is OBOc1ccc(C(=C(c2ccccc2)c2ccc(B(O)O)cc2)c2ccccc2)cc1. The lowest BCUT2D eigenvalue weighted by molar-refractivity contribution is 0.425. The summed E-state index contributed by atoms with van der Waals surface area (Å²) in [5.41, 5.74) is 6.53. The smallest absolute Gasteiger partial charge is 0.504 e. The van der Waals surface area contributed by atoms with Gasteiger partial charge in [-0.1, -0.05) is 97.1 Å². The van der Waals surface area contributed by atoms with Crippen LogP contribution in [-0.2, 0) is 0 Å². The highest BCUT2D eigenvalue weighted by Gasteiger charge is 2.17. The van der Waals surface area contributed by atoms with Crippen molar-refractivity contribution in [1.29, 1.82) is 0 Å². The predicted octanol–water partition coefficient (Wildman–Crippen LogP) is 3.01. The Labute approximate surface area is 188 Å². The second-order valence-corrected chi connectivity index (χ2v) is 7.28. The largest absolute Gasteiger partial charge is 0.539 e. The summed E-state index contributed by atoms with van der Waals surface area (Å²) in [5, 5.41) is 28.1. The summed E-state index contributed by atoms with van der Waals surface area (Å²) in [5.74, 6) is 0.589. The Balaban J connectivity index is 1.99. The first-order valence-corrected chi connectivity index (χ1v) is 10.3. The molecule has 0 atom stereocenters. The zero-order valence-corrected chi connectivity index (χ0v) is 17.4. The van der Waals surface area contributed by atoms with Gasteiger partial charge in [-0.15, -0.1) is 0 Å². The van der Waals surface area contributed by atoms with E-state index in [2.05, 4.69) is 24.3 Å². The minimum atomic E-state index is -1.51. The third-order valence-corrected chi connectivity index (χ3v) is 5.25. The molecule has 0 bridgehead atoms. The fourth-order valence-electron chi connectivity index (χ4n) is 3.73. The quantitative estimate of drug-likeness (QED) is 0.318. The molecular formula is C26H22B2O4. The van der Waals surface area contributed by atoms with Gasteiger partial charge in [-0.3, -0.25) is 0 Å². The average molecular weight is 420 g/mol. The molecular weight excluding hydrogens is 398 g/mol. The minimum absolute atomic E-state index is 0.376. The van der Waals surface area contributed by atoms with E-state index in [1.54, 1.807) is 12.1 Å². The van der Waals surface area contributed by atoms with Crippen LogP contribution in [0.1, 0.15) is 22.3 Å². The van der Waals surface area contributed by atoms with Gasteiger partial charge >= 0.3 is 14.8 Å². The summed E-state index contributed by atoms with van der Waals surface area (Å²) in [7, 11) is -1.89. The zero-order chi connectivity index (χ0) is 22.3. The standard InChI is InChI=1S/C26H22B2O4/c29-27-32-24-17-13-22(14-18-24)26(20-9-5-2-6-10-20)25(19-7-3-1-4-8-19)21-11-15-23(16-12-21)28(30)31/h1-18,27,29-31H. The molecule has 4 nitrogen and oxygen atoms in total. The van der Waals surface area contributed by atoms with Crippen LogP contribution in [0.4, 0.5) is 0 Å². The van der Waals surface area contributed by atoms with E-state index in [9.17, 15) is 10.0 Å². The number of benzene rings is 4. The summed E-state index contributed by atoms with van der Waals surface area (Å²) in [6, 6.07) is 35.1. The van der Waals surface area contributed by atoms with Gasteiger partial charge in [0.05, 0.1) is 0 Å². The van der Waals surface area contributed by atoms with Crippen LogP contribution in [-0.4, -0.2) is 29.9 Å². The van der Waals surface area contributed by atoms with Crippen molar-refractivity contribution in [3.8, 4) is 5.75 Å². The van der Waals surface area contributed by atoms with E-state index < -0.39 is 7.12 Å². The highest BCUT2D eigenvalue weighted by atomic mass is 16.5. The van der Waals surface area contributed by atoms with Crippen molar-refractivity contribution in [1.82, 2.24) is 0 Å². The van der Waals surface area contributed by atoms with Crippen molar-refractivity contribution in [2.45, 2.75) is 0 Å². The van der Waals surface area contributed by atoms with Crippen LogP contribution < -0.4 is 10.1 Å². The number of rotatable bonds is 7. The Morgan fingerprint density at radius 3 is 1.38 bits per heavy atom. The molecule has 156 valence electrons. The normalized spacial score (nSPS) is 11.5. The van der Waals surface area contributed by atoms with Crippen LogP contribution in [0, 0.1) is 0 Å². The van der Waals surface area contributed by atoms with Crippen molar-refractivity contribution >= 4 is 31.4 Å². The highest BCUT2D eigenvalue weighted by molar-refractivity contribution is 6.58. The molecule has 4 rings (SSSR count). The molecule has 0 saturated carbocycles. The van der Waals surface area contributed by atoms with Crippen molar-refractivity contribution in [2.24, 2.45) is 0 Å². The van der Waals surface area contributed by atoms with E-state index in [1.807, 2.05) is 72.8 Å². The summed E-state index contributed by atoms with van der Waals surface area (Å²) in [6.45, 7) is 0. The van der Waals surface area contributed by atoms with E-state index in [0.717, 1.165) is 33.4 Å². The number of hydrogen-bond acceptors (Lipinski definition) is 4. The van der Waals surface area contributed by atoms with E-state index >= 15 is 0 Å². The molecule has 3 N–H and O–H groups in total. The number of hydrogen-bond donors (Lipinski definition) is 3. The molecule has 0 fully saturated rings. The van der Waals surface area contributed by atoms with Gasteiger partial charge in [-0.05, 0) is 51.0 Å². The van der Waals surface area contributed by atoms with E-state index in [-0.39, 0.29) is 7.69 Å². The first-order valence-electron chi connectivity index (χ1n) is 10.3. The maximum absolute atomic E-state index is 9.52. The van der Waals surface area contributed by atoms with Crippen molar-refractivity contribution in [3.63, 3.8) is 0 Å². The summed E-state index contributed by atoms with van der Waals surface area (Å²) < 4.78 is 5.20. The van der Waals surface area contributed by atoms with Crippen LogP contribution in [0.15, 0.2) is 109 Å². The van der Waals surface area contributed by atoms with Gasteiger partial charge in [0, 0.05) is 0 Å². The lowest BCUT2D eigenvalue weighted by atomic mass is 9.78. The van der Waals surface area contributed by atoms with E-state index in [1.165, 1.54) is 0 Å². The Morgan fingerprint density at radius 1 is 0.562 bits per heavy atom. The van der Waals surface area contributed by atoms with Crippen LogP contribution in [0.5, 0.6) is 5.75 Å². The van der Waals surface area contributed by atoms with Crippen molar-refractivity contribution in [3.05, 3.63) is 131 Å². The zero-order valence-electron chi connectivity index (χ0n) is 17.4. The Morgan fingerprint density at radius 2 is 0.969 bits per heavy atom. The second-order valence-electron chi connectivity index (χ2n) is 7.28. The van der Waals surface area contributed by atoms with Gasteiger partial charge in [0.1, 0.15) is 5.75 Å². The first-order chi connectivity index (χ1) is 15.7. The first kappa shape index (κ1) is 21.7. The van der Waals surface area contributed by atoms with Crippen molar-refractivity contribution in [2.75, 3.05) is 0 Å². The maximum Gasteiger partial charge on any atom is 0.504 e. The van der Waals surface area contributed by atoms with Gasteiger partial charge in [0.2, 0.25) is 0 Å². The molecule has 6 heteroatoms. The molecule has 0 amide bonds. The fraction of sp³-hybridized carbons (Fsp3) is 0. The highest BCUT2D eigenvalue weighted by Crippen LogP contribution is 2.37. The van der Waals surface area contributed by atoms with Crippen LogP contribution in [0.3, 0.4) is 0 Å². The molecule has 0 aliphatic heterocycles. The Bertz CT molecular complexity index is 1170. The molecule has 0 aromatic heterocycles. The Kier molecular flexibility index (Phi) is 6.87. The lowest BCUT2D eigenvalue weighted by Crippen LogP contribution is -2.29. The van der Waals surface area contributed by atoms with E-state index in [0.29, 0.717) is 11.2 Å². The molecule has 4 aromatic carbocycles. The summed E-state index contributed by atoms with van der Waals surface area (Å²) in [6.07, 6.45) is 0. The average Bonchev–Trinajstić information content (AvgIpc) is 2.84. The fourth-order valence-corrected chi connectivity index (χ4v) is 3.73. The molecule has 0 spiro atoms. The van der Waals surface area contributed by atoms with Gasteiger partial charge in [-0.25, -0.2) is 0 Å². The van der Waals surface area contributed by atoms with Gasteiger partial charge in [-0.2, -0.15) is 0 Å². The van der Waals surface area contributed by atoms with Crippen LogP contribution >= 0.6 is 0 Å². The molecule has 32 heavy (non-hydrogen) atoms. The third-order valence-electron chi connectivity index (χ3n) is 5.25. The van der Waals surface area contributed by atoms with Gasteiger partial charge in [0.15, 0.2) is 0 Å². The Hall–Kier alpha value is -3.57. The van der Waals surface area contributed by atoms with E-state index in [4.69, 9.17) is 9.68 Å². The molecule has 0 unspecified atom stereocenters. The third kappa shape index (κ3) is 4.84. The summed E-state index contributed by atoms with van der Waals surface area (Å²) >= 11 is 0. The van der Waals surface area contributed by atoms with Crippen LogP contribution in [0.25, 0.3) is 11.1 Å². The minimum Gasteiger partial charge on any atom is -0.539 e. The monoisotopic (exact) mass is 420 g/mol. The molecule has 4 aromatic rings. The second kappa shape index (κ2) is 10.2. The maximum atomic E-state index is 9.52. The molecule has 0 radical (unpaired) electrons. The van der Waals surface area contributed by atoms with Gasteiger partial charge < -0.3 is 19.7 Å². The molecule has 0 aliphatic carbocycles. The van der Waals surface area contributed by atoms with Crippen LogP contribution in [0.2, 0.25) is 0 Å². The van der Waals surface area contributed by atoms with Crippen molar-refractivity contribution < 1.29 is 19.7 Å². The topological polar surface area (TPSA) is 69.9 Å². The molecule has 0 aliphatic rings.